The number of carbonyl (C=O) groups is 1. The van der Waals surface area contributed by atoms with Crippen LogP contribution in [0.2, 0.25) is 0 Å². The molecule has 19 heavy (non-hydrogen) atoms. The van der Waals surface area contributed by atoms with Gasteiger partial charge in [0.1, 0.15) is 0 Å². The Kier molecular flexibility index (Phi) is 2.95. The fourth-order valence-electron chi connectivity index (χ4n) is 2.85. The number of hydrogen-bond acceptors (Lipinski definition) is 2. The third-order valence-corrected chi connectivity index (χ3v) is 3.61. The van der Waals surface area contributed by atoms with Gasteiger partial charge in [-0.15, -0.1) is 0 Å². The highest BCUT2D eigenvalue weighted by molar-refractivity contribution is 5.78. The lowest BCUT2D eigenvalue weighted by Crippen LogP contribution is -2.15. The minimum absolute atomic E-state index is 0.284. The number of fused-ring (bicyclic) bond motifs is 3. The minimum atomic E-state index is -0.709. The standard InChI is InChI=1S/C16H15NO2/c17-16(18)19-10-9-15-13-7-3-1-5-11(13)12-6-2-4-8-14(12)15/h1-8,15H,9-10H2,(H2,17,18). The molecule has 0 fully saturated rings. The van der Waals surface area contributed by atoms with Gasteiger partial charge in [-0.1, -0.05) is 48.5 Å². The summed E-state index contributed by atoms with van der Waals surface area (Å²) in [5, 5.41) is 0. The lowest BCUT2D eigenvalue weighted by molar-refractivity contribution is 0.154. The van der Waals surface area contributed by atoms with E-state index in [1.54, 1.807) is 0 Å². The summed E-state index contributed by atoms with van der Waals surface area (Å²) in [5.74, 6) is 0.284. The average Bonchev–Trinajstić information content (AvgIpc) is 2.74. The summed E-state index contributed by atoms with van der Waals surface area (Å²) in [6.45, 7) is 0.350. The van der Waals surface area contributed by atoms with Crippen molar-refractivity contribution < 1.29 is 9.53 Å². The number of primary amides is 1. The molecule has 3 nitrogen and oxygen atoms in total. The molecule has 0 unspecified atom stereocenters. The van der Waals surface area contributed by atoms with E-state index in [1.165, 1.54) is 22.3 Å². The average molecular weight is 253 g/mol. The molecule has 2 aromatic carbocycles. The SMILES string of the molecule is NC(=O)OCCC1c2ccccc2-c2ccccc21. The van der Waals surface area contributed by atoms with Crippen LogP contribution in [0.15, 0.2) is 48.5 Å². The van der Waals surface area contributed by atoms with Gasteiger partial charge in [-0.3, -0.25) is 0 Å². The zero-order chi connectivity index (χ0) is 13.2. The number of carbonyl (C=O) groups excluding carboxylic acids is 1. The van der Waals surface area contributed by atoms with Crippen molar-refractivity contribution in [1.29, 1.82) is 0 Å². The van der Waals surface area contributed by atoms with Crippen molar-refractivity contribution in [3.63, 3.8) is 0 Å². The van der Waals surface area contributed by atoms with Gasteiger partial charge in [0.2, 0.25) is 0 Å². The molecule has 0 saturated carbocycles. The second kappa shape index (κ2) is 4.76. The first-order chi connectivity index (χ1) is 9.27. The first-order valence-electron chi connectivity index (χ1n) is 6.38. The quantitative estimate of drug-likeness (QED) is 0.912. The molecule has 96 valence electrons. The minimum Gasteiger partial charge on any atom is -0.450 e. The third-order valence-electron chi connectivity index (χ3n) is 3.61. The van der Waals surface area contributed by atoms with E-state index in [2.05, 4.69) is 36.4 Å². The van der Waals surface area contributed by atoms with E-state index in [4.69, 9.17) is 10.5 Å². The van der Waals surface area contributed by atoms with Crippen LogP contribution >= 0.6 is 0 Å². The molecule has 2 N–H and O–H groups in total. The Labute approximate surface area is 112 Å². The summed E-state index contributed by atoms with van der Waals surface area (Å²) in [6, 6.07) is 16.8. The molecule has 0 heterocycles. The summed E-state index contributed by atoms with van der Waals surface area (Å²) in [5.41, 5.74) is 10.2. The molecule has 0 bridgehead atoms. The molecule has 0 saturated heterocycles. The lowest BCUT2D eigenvalue weighted by Gasteiger charge is -2.13. The van der Waals surface area contributed by atoms with Crippen LogP contribution in [0.25, 0.3) is 11.1 Å². The Balaban J connectivity index is 1.93. The van der Waals surface area contributed by atoms with Gasteiger partial charge in [-0.2, -0.15) is 0 Å². The van der Waals surface area contributed by atoms with Crippen molar-refractivity contribution in [2.24, 2.45) is 5.73 Å². The zero-order valence-corrected chi connectivity index (χ0v) is 10.5. The van der Waals surface area contributed by atoms with E-state index in [0.29, 0.717) is 6.61 Å². The molecule has 1 aliphatic carbocycles. The van der Waals surface area contributed by atoms with Crippen LogP contribution in [0.1, 0.15) is 23.5 Å². The molecule has 0 aromatic heterocycles. The molecule has 0 atom stereocenters. The van der Waals surface area contributed by atoms with Gasteiger partial charge in [-0.25, -0.2) is 4.79 Å². The highest BCUT2D eigenvalue weighted by atomic mass is 16.5. The monoisotopic (exact) mass is 253 g/mol. The number of benzene rings is 2. The molecule has 0 radical (unpaired) electrons. The van der Waals surface area contributed by atoms with Crippen LogP contribution in [-0.4, -0.2) is 12.7 Å². The van der Waals surface area contributed by atoms with E-state index in [-0.39, 0.29) is 5.92 Å². The van der Waals surface area contributed by atoms with Crippen LogP contribution in [0, 0.1) is 0 Å². The van der Waals surface area contributed by atoms with Gasteiger partial charge < -0.3 is 10.5 Å². The maximum atomic E-state index is 10.7. The predicted molar refractivity (Wildman–Crippen MR) is 73.9 cm³/mol. The van der Waals surface area contributed by atoms with Crippen LogP contribution in [-0.2, 0) is 4.74 Å². The van der Waals surface area contributed by atoms with Crippen molar-refractivity contribution in [2.45, 2.75) is 12.3 Å². The van der Waals surface area contributed by atoms with Gasteiger partial charge in [-0.05, 0) is 28.7 Å². The fraction of sp³-hybridized carbons (Fsp3) is 0.188. The van der Waals surface area contributed by atoms with Crippen molar-refractivity contribution in [1.82, 2.24) is 0 Å². The van der Waals surface area contributed by atoms with Crippen molar-refractivity contribution in [3.05, 3.63) is 59.7 Å². The Hall–Kier alpha value is -2.29. The summed E-state index contributed by atoms with van der Waals surface area (Å²) in [7, 11) is 0. The normalized spacial score (nSPS) is 12.8. The Morgan fingerprint density at radius 2 is 1.53 bits per heavy atom. The topological polar surface area (TPSA) is 52.3 Å². The van der Waals surface area contributed by atoms with E-state index in [0.717, 1.165) is 6.42 Å². The van der Waals surface area contributed by atoms with Crippen LogP contribution in [0.5, 0.6) is 0 Å². The van der Waals surface area contributed by atoms with Crippen LogP contribution in [0.4, 0.5) is 4.79 Å². The van der Waals surface area contributed by atoms with Gasteiger partial charge in [0.25, 0.3) is 0 Å². The van der Waals surface area contributed by atoms with Gasteiger partial charge in [0, 0.05) is 5.92 Å². The maximum absolute atomic E-state index is 10.7. The summed E-state index contributed by atoms with van der Waals surface area (Å²) in [6.07, 6.45) is 0.0521. The highest BCUT2D eigenvalue weighted by Gasteiger charge is 2.27. The fourth-order valence-corrected chi connectivity index (χ4v) is 2.85. The Bertz CT molecular complexity index is 576. The van der Waals surface area contributed by atoms with Crippen molar-refractivity contribution >= 4 is 6.09 Å². The molecular formula is C16H15NO2. The Morgan fingerprint density at radius 3 is 2.05 bits per heavy atom. The number of hydrogen-bond donors (Lipinski definition) is 1. The number of nitrogens with two attached hydrogens (primary N) is 1. The second-order valence-electron chi connectivity index (χ2n) is 4.68. The van der Waals surface area contributed by atoms with E-state index < -0.39 is 6.09 Å². The molecule has 1 amide bonds. The van der Waals surface area contributed by atoms with E-state index >= 15 is 0 Å². The largest absolute Gasteiger partial charge is 0.450 e. The molecule has 0 spiro atoms. The second-order valence-corrected chi connectivity index (χ2v) is 4.68. The summed E-state index contributed by atoms with van der Waals surface area (Å²) in [4.78, 5) is 10.7. The smallest absolute Gasteiger partial charge is 0.404 e. The molecule has 3 rings (SSSR count). The number of amides is 1. The highest BCUT2D eigenvalue weighted by Crippen LogP contribution is 2.45. The Morgan fingerprint density at radius 1 is 1.00 bits per heavy atom. The van der Waals surface area contributed by atoms with E-state index in [1.807, 2.05) is 12.1 Å². The third kappa shape index (κ3) is 2.08. The van der Waals surface area contributed by atoms with E-state index in [9.17, 15) is 4.79 Å². The van der Waals surface area contributed by atoms with Gasteiger partial charge in [0.15, 0.2) is 0 Å². The van der Waals surface area contributed by atoms with Gasteiger partial charge in [0.05, 0.1) is 6.61 Å². The lowest BCUT2D eigenvalue weighted by atomic mass is 9.94. The van der Waals surface area contributed by atoms with Crippen LogP contribution in [0.3, 0.4) is 0 Å². The zero-order valence-electron chi connectivity index (χ0n) is 10.5. The molecule has 0 aliphatic heterocycles. The first kappa shape index (κ1) is 11.8. The maximum Gasteiger partial charge on any atom is 0.404 e. The summed E-state index contributed by atoms with van der Waals surface area (Å²) >= 11 is 0. The van der Waals surface area contributed by atoms with Crippen molar-refractivity contribution in [2.75, 3.05) is 6.61 Å². The molecule has 2 aromatic rings. The first-order valence-corrected chi connectivity index (χ1v) is 6.38. The molecular weight excluding hydrogens is 238 g/mol. The van der Waals surface area contributed by atoms with Crippen LogP contribution < -0.4 is 5.73 Å². The van der Waals surface area contributed by atoms with Crippen molar-refractivity contribution in [3.8, 4) is 11.1 Å². The van der Waals surface area contributed by atoms with Gasteiger partial charge >= 0.3 is 6.09 Å². The molecule has 1 aliphatic rings. The predicted octanol–water partition coefficient (Wildman–Crippen LogP) is 3.28. The number of rotatable bonds is 3. The molecule has 3 heteroatoms. The number of ether oxygens (including phenoxy) is 1. The summed E-state index contributed by atoms with van der Waals surface area (Å²) < 4.78 is 4.87.